The average molecular weight is 176 g/mol. The van der Waals surface area contributed by atoms with E-state index in [2.05, 4.69) is 15.8 Å². The molecule has 0 saturated heterocycles. The fourth-order valence-corrected chi connectivity index (χ4v) is 0.995. The Kier molecular flexibility index (Phi) is 4.86. The van der Waals surface area contributed by atoms with Crippen molar-refractivity contribution in [2.24, 2.45) is 5.14 Å². The number of nitrogens with one attached hydrogen (secondary N) is 1. The van der Waals surface area contributed by atoms with Gasteiger partial charge in [0.1, 0.15) is 0 Å². The number of nitrogens with two attached hydrogens (primary N) is 1. The van der Waals surface area contributed by atoms with E-state index in [1.54, 1.807) is 0 Å². The lowest BCUT2D eigenvalue weighted by Gasteiger charge is -1.98. The number of unbranched alkanes of at least 4 members (excludes halogenated alkanes) is 2. The van der Waals surface area contributed by atoms with Gasteiger partial charge in [0.2, 0.25) is 0 Å². The topological polar surface area (TPSA) is 72.2 Å². The summed E-state index contributed by atoms with van der Waals surface area (Å²) in [6.45, 7) is 0.362. The second kappa shape index (κ2) is 5.13. The van der Waals surface area contributed by atoms with Crippen molar-refractivity contribution in [3.8, 4) is 12.3 Å². The molecule has 0 aliphatic carbocycles. The van der Waals surface area contributed by atoms with Crippen LogP contribution in [0.1, 0.15) is 19.3 Å². The van der Waals surface area contributed by atoms with E-state index in [-0.39, 0.29) is 0 Å². The zero-order valence-electron chi connectivity index (χ0n) is 6.21. The molecule has 0 rings (SSSR count). The van der Waals surface area contributed by atoms with E-state index in [0.717, 1.165) is 12.8 Å². The number of terminal acetylenes is 1. The molecule has 0 fully saturated rings. The van der Waals surface area contributed by atoms with Gasteiger partial charge in [-0.2, -0.15) is 8.42 Å². The maximum Gasteiger partial charge on any atom is 0.274 e. The minimum absolute atomic E-state index is 0.362. The third-order valence-corrected chi connectivity index (χ3v) is 1.66. The van der Waals surface area contributed by atoms with E-state index in [1.165, 1.54) is 0 Å². The van der Waals surface area contributed by atoms with Crippen LogP contribution in [0.5, 0.6) is 0 Å². The molecule has 3 N–H and O–H groups in total. The summed E-state index contributed by atoms with van der Waals surface area (Å²) in [5.74, 6) is 2.46. The van der Waals surface area contributed by atoms with Crippen molar-refractivity contribution in [3.05, 3.63) is 0 Å². The van der Waals surface area contributed by atoms with Crippen molar-refractivity contribution in [1.29, 1.82) is 0 Å². The number of rotatable bonds is 5. The Morgan fingerprint density at radius 2 is 2.09 bits per heavy atom. The first-order valence-corrected chi connectivity index (χ1v) is 4.82. The highest BCUT2D eigenvalue weighted by Gasteiger charge is 1.97. The van der Waals surface area contributed by atoms with Gasteiger partial charge >= 0.3 is 0 Å². The quantitative estimate of drug-likeness (QED) is 0.441. The smallest absolute Gasteiger partial charge is 0.216 e. The molecule has 0 aliphatic rings. The summed E-state index contributed by atoms with van der Waals surface area (Å²) in [5.41, 5.74) is 0. The Hall–Kier alpha value is -0.570. The molecule has 0 saturated carbocycles. The number of hydrogen-bond donors (Lipinski definition) is 2. The highest BCUT2D eigenvalue weighted by atomic mass is 32.2. The summed E-state index contributed by atoms with van der Waals surface area (Å²) in [7, 11) is -3.51. The van der Waals surface area contributed by atoms with E-state index < -0.39 is 10.2 Å². The molecule has 0 bridgehead atoms. The van der Waals surface area contributed by atoms with Crippen LogP contribution in [0.4, 0.5) is 0 Å². The van der Waals surface area contributed by atoms with Crippen molar-refractivity contribution < 1.29 is 8.42 Å². The van der Waals surface area contributed by atoms with Gasteiger partial charge in [-0.1, -0.05) is 0 Å². The van der Waals surface area contributed by atoms with E-state index in [0.29, 0.717) is 13.0 Å². The van der Waals surface area contributed by atoms with E-state index in [4.69, 9.17) is 6.42 Å². The van der Waals surface area contributed by atoms with Gasteiger partial charge in [0.25, 0.3) is 10.2 Å². The van der Waals surface area contributed by atoms with Crippen LogP contribution in [0.3, 0.4) is 0 Å². The van der Waals surface area contributed by atoms with Gasteiger partial charge < -0.3 is 0 Å². The monoisotopic (exact) mass is 176 g/mol. The maximum absolute atomic E-state index is 10.3. The lowest BCUT2D eigenvalue weighted by molar-refractivity contribution is 0.579. The van der Waals surface area contributed by atoms with Crippen molar-refractivity contribution in [3.63, 3.8) is 0 Å². The molecule has 0 unspecified atom stereocenters. The predicted octanol–water partition coefficient (Wildman–Crippen LogP) is -0.417. The van der Waals surface area contributed by atoms with Gasteiger partial charge in [0, 0.05) is 13.0 Å². The molecule has 4 nitrogen and oxygen atoms in total. The average Bonchev–Trinajstić information content (AvgIpc) is 1.85. The molecular weight excluding hydrogens is 164 g/mol. The van der Waals surface area contributed by atoms with Crippen LogP contribution in [0.25, 0.3) is 0 Å². The summed E-state index contributed by atoms with van der Waals surface area (Å²) in [6.07, 6.45) is 7.20. The lowest BCUT2D eigenvalue weighted by atomic mass is 10.2. The van der Waals surface area contributed by atoms with Gasteiger partial charge in [-0.05, 0) is 12.8 Å². The van der Waals surface area contributed by atoms with Crippen LogP contribution in [-0.2, 0) is 10.2 Å². The molecule has 0 aliphatic heterocycles. The summed E-state index contributed by atoms with van der Waals surface area (Å²) < 4.78 is 22.7. The van der Waals surface area contributed by atoms with E-state index >= 15 is 0 Å². The van der Waals surface area contributed by atoms with E-state index in [9.17, 15) is 8.42 Å². The highest BCUT2D eigenvalue weighted by molar-refractivity contribution is 7.87. The molecule has 0 spiro atoms. The van der Waals surface area contributed by atoms with Crippen LogP contribution in [-0.4, -0.2) is 15.0 Å². The van der Waals surface area contributed by atoms with Gasteiger partial charge in [-0.15, -0.1) is 12.3 Å². The molecule has 0 aromatic carbocycles. The van der Waals surface area contributed by atoms with E-state index in [1.807, 2.05) is 0 Å². The van der Waals surface area contributed by atoms with Gasteiger partial charge in [-0.3, -0.25) is 0 Å². The summed E-state index contributed by atoms with van der Waals surface area (Å²) in [5, 5.41) is 4.67. The van der Waals surface area contributed by atoms with Crippen LogP contribution in [0, 0.1) is 12.3 Å². The summed E-state index contributed by atoms with van der Waals surface area (Å²) >= 11 is 0. The van der Waals surface area contributed by atoms with Crippen LogP contribution >= 0.6 is 0 Å². The Morgan fingerprint density at radius 1 is 1.45 bits per heavy atom. The second-order valence-electron chi connectivity index (χ2n) is 2.10. The summed E-state index contributed by atoms with van der Waals surface area (Å²) in [6, 6.07) is 0. The Bertz CT molecular complexity index is 227. The van der Waals surface area contributed by atoms with Crippen LogP contribution in [0.2, 0.25) is 0 Å². The first-order valence-electron chi connectivity index (χ1n) is 3.27. The van der Waals surface area contributed by atoms with Crippen molar-refractivity contribution in [2.75, 3.05) is 6.54 Å². The standard InChI is InChI=1S/C6H12N2O2S/c1-2-3-4-5-6-8-11(7,9)10/h1,8H,3-6H2,(H2,7,9,10). The Morgan fingerprint density at radius 3 is 2.55 bits per heavy atom. The lowest BCUT2D eigenvalue weighted by Crippen LogP contribution is -2.31. The highest BCUT2D eigenvalue weighted by Crippen LogP contribution is 1.91. The van der Waals surface area contributed by atoms with Gasteiger partial charge in [0.15, 0.2) is 0 Å². The Balaban J connectivity index is 3.24. The third-order valence-electron chi connectivity index (χ3n) is 1.05. The fourth-order valence-electron chi connectivity index (χ4n) is 0.566. The first-order chi connectivity index (χ1) is 5.06. The minimum atomic E-state index is -3.51. The third kappa shape index (κ3) is 9.43. The molecule has 0 amide bonds. The molecule has 0 aromatic rings. The molecule has 11 heavy (non-hydrogen) atoms. The normalized spacial score (nSPS) is 10.9. The van der Waals surface area contributed by atoms with Crippen molar-refractivity contribution >= 4 is 10.2 Å². The molecular formula is C6H12N2O2S. The number of hydrogen-bond acceptors (Lipinski definition) is 2. The molecule has 0 heterocycles. The summed E-state index contributed by atoms with van der Waals surface area (Å²) in [4.78, 5) is 0. The van der Waals surface area contributed by atoms with Crippen LogP contribution < -0.4 is 9.86 Å². The zero-order valence-corrected chi connectivity index (χ0v) is 7.02. The van der Waals surface area contributed by atoms with Crippen LogP contribution in [0.15, 0.2) is 0 Å². The largest absolute Gasteiger partial charge is 0.274 e. The van der Waals surface area contributed by atoms with Gasteiger partial charge in [-0.25, -0.2) is 9.86 Å². The molecule has 0 radical (unpaired) electrons. The van der Waals surface area contributed by atoms with Crippen molar-refractivity contribution in [2.45, 2.75) is 19.3 Å². The molecule has 0 aromatic heterocycles. The SMILES string of the molecule is C#CCCCCNS(N)(=O)=O. The van der Waals surface area contributed by atoms with Gasteiger partial charge in [0.05, 0.1) is 0 Å². The minimum Gasteiger partial charge on any atom is -0.216 e. The zero-order chi connectivity index (χ0) is 8.74. The van der Waals surface area contributed by atoms with Crippen molar-refractivity contribution in [1.82, 2.24) is 4.72 Å². The molecule has 64 valence electrons. The maximum atomic E-state index is 10.3. The Labute approximate surface area is 67.3 Å². The first kappa shape index (κ1) is 10.4. The molecule has 0 atom stereocenters. The molecule has 5 heteroatoms. The fraction of sp³-hybridized carbons (Fsp3) is 0.667. The second-order valence-corrected chi connectivity index (χ2v) is 3.48. The predicted molar refractivity (Wildman–Crippen MR) is 43.8 cm³/mol.